The minimum Gasteiger partial charge on any atom is -0.741 e. The van der Waals surface area contributed by atoms with Crippen LogP contribution in [0.2, 0.25) is 118 Å². The predicted molar refractivity (Wildman–Crippen MR) is 166 cm³/mol. The first-order valence-corrected chi connectivity index (χ1v) is 33.7. The number of hydrogen-bond acceptors (Lipinski definition) is 3. The van der Waals surface area contributed by atoms with Crippen LogP contribution >= 0.6 is 0 Å². The van der Waals surface area contributed by atoms with Gasteiger partial charge in [-0.1, -0.05) is 167 Å². The summed E-state index contributed by atoms with van der Waals surface area (Å²) in [7, 11) is -12.7. The van der Waals surface area contributed by atoms with Crippen molar-refractivity contribution in [3.05, 3.63) is 13.9 Å². The summed E-state index contributed by atoms with van der Waals surface area (Å²) in [6, 6.07) is 0. The van der Waals surface area contributed by atoms with E-state index in [-0.39, 0.29) is 31.1 Å². The third-order valence-electron chi connectivity index (χ3n) is 2.30. The normalized spacial score (nSPS) is 13.6. The SMILES string of the molecule is C[Si](C)(C)[N-][Si](C)(C)C.C[Si](C)(C)[N-][Si](C)(C)C.C[Si](C)(C)[N-][Si](C)(C)C.O=S(=O)([O-])C(F)(F)F.[U+4]. The summed E-state index contributed by atoms with van der Waals surface area (Å²) in [5.41, 5.74) is -5.65. The molecule has 36 heavy (non-hydrogen) atoms. The van der Waals surface area contributed by atoms with E-state index >= 15 is 0 Å². The number of alkyl halides is 3. The maximum Gasteiger partial charge on any atom is 4.00 e. The Morgan fingerprint density at radius 2 is 0.556 bits per heavy atom. The summed E-state index contributed by atoms with van der Waals surface area (Å²) in [5.74, 6) is 0. The second-order valence-electron chi connectivity index (χ2n) is 14.3. The van der Waals surface area contributed by atoms with Crippen molar-refractivity contribution in [1.29, 1.82) is 0 Å². The smallest absolute Gasteiger partial charge is 0.741 e. The van der Waals surface area contributed by atoms with Crippen LogP contribution in [0.3, 0.4) is 0 Å². The van der Waals surface area contributed by atoms with E-state index in [1.807, 2.05) is 0 Å². The van der Waals surface area contributed by atoms with Gasteiger partial charge < -0.3 is 18.5 Å². The van der Waals surface area contributed by atoms with Gasteiger partial charge in [-0.2, -0.15) is 13.2 Å². The maximum absolute atomic E-state index is 10.7. The van der Waals surface area contributed by atoms with E-state index in [1.54, 1.807) is 0 Å². The fourth-order valence-electron chi connectivity index (χ4n) is 3.02. The van der Waals surface area contributed by atoms with Crippen LogP contribution < -0.4 is 0 Å². The first kappa shape index (κ1) is 47.7. The molecule has 0 aromatic rings. The molecule has 0 aromatic heterocycles. The van der Waals surface area contributed by atoms with Crippen LogP contribution in [-0.2, 0) is 10.1 Å². The third-order valence-corrected chi connectivity index (χ3v) is 19.0. The summed E-state index contributed by atoms with van der Waals surface area (Å²) in [4.78, 5) is 0. The van der Waals surface area contributed by atoms with Crippen LogP contribution in [0.4, 0.5) is 13.2 Å². The molecule has 17 heteroatoms. The van der Waals surface area contributed by atoms with Gasteiger partial charge in [0, 0.05) is 0 Å². The minimum atomic E-state index is -6.09. The van der Waals surface area contributed by atoms with Gasteiger partial charge in [-0.25, -0.2) is 8.42 Å². The average molecular weight is 868 g/mol. The predicted octanol–water partition coefficient (Wildman–Crippen LogP) is 9.14. The second kappa shape index (κ2) is 17.0. The molecule has 0 aliphatic rings. The molecule has 0 heterocycles. The van der Waals surface area contributed by atoms with Gasteiger partial charge in [0.1, 0.15) is 0 Å². The van der Waals surface area contributed by atoms with Gasteiger partial charge >= 0.3 is 36.6 Å². The molecule has 0 unspecified atom stereocenters. The van der Waals surface area contributed by atoms with Crippen LogP contribution in [0.15, 0.2) is 0 Å². The van der Waals surface area contributed by atoms with Gasteiger partial charge in [-0.15, -0.1) is 0 Å². The summed E-state index contributed by atoms with van der Waals surface area (Å²) in [6.07, 6.45) is 0. The van der Waals surface area contributed by atoms with Gasteiger partial charge in [-0.05, 0) is 0 Å². The average Bonchev–Trinajstić information content (AvgIpc) is 2.22. The summed E-state index contributed by atoms with van der Waals surface area (Å²) < 4.78 is 73.4. The van der Waals surface area contributed by atoms with Crippen molar-refractivity contribution in [3.8, 4) is 0 Å². The van der Waals surface area contributed by atoms with Gasteiger partial charge in [-0.3, -0.25) is 0 Å². The van der Waals surface area contributed by atoms with Crippen LogP contribution in [0.25, 0.3) is 13.9 Å². The zero-order valence-corrected chi connectivity index (χ0v) is 37.1. The number of halogens is 3. The Morgan fingerprint density at radius 3 is 0.556 bits per heavy atom. The van der Waals surface area contributed by atoms with Crippen molar-refractivity contribution in [1.82, 2.24) is 0 Å². The van der Waals surface area contributed by atoms with Crippen molar-refractivity contribution in [2.24, 2.45) is 0 Å². The van der Waals surface area contributed by atoms with Crippen LogP contribution in [-0.4, -0.2) is 67.9 Å². The topological polar surface area (TPSA) is 99.5 Å². The van der Waals surface area contributed by atoms with Crippen LogP contribution in [0.1, 0.15) is 0 Å². The molecular weight excluding hydrogens is 814 g/mol. The Bertz CT molecular complexity index is 594. The first-order chi connectivity index (χ1) is 14.4. The van der Waals surface area contributed by atoms with Crippen molar-refractivity contribution in [2.75, 3.05) is 0 Å². The molecule has 0 aromatic carbocycles. The van der Waals surface area contributed by atoms with Crippen molar-refractivity contribution < 1.29 is 57.3 Å². The van der Waals surface area contributed by atoms with E-state index in [4.69, 9.17) is 26.9 Å². The Labute approximate surface area is 252 Å². The molecule has 0 rings (SSSR count). The summed E-state index contributed by atoms with van der Waals surface area (Å²) in [5, 5.41) is 0. The molecule has 0 spiro atoms. The minimum absolute atomic E-state index is 0. The molecule has 6 nitrogen and oxygen atoms in total. The molecule has 0 N–H and O–H groups in total. The Hall–Kier alpha value is 1.93. The number of hydrogen-bond donors (Lipinski definition) is 0. The van der Waals surface area contributed by atoms with Crippen molar-refractivity contribution >= 4 is 59.5 Å². The molecule has 0 aliphatic carbocycles. The van der Waals surface area contributed by atoms with Crippen LogP contribution in [0, 0.1) is 31.1 Å². The molecule has 0 aliphatic heterocycles. The Balaban J connectivity index is -0.000000118. The summed E-state index contributed by atoms with van der Waals surface area (Å²) in [6.45, 7) is 41.3. The molecule has 0 bridgehead atoms. The second-order valence-corrected chi connectivity index (χ2v) is 44.4. The number of nitrogens with zero attached hydrogens (tertiary/aromatic N) is 3. The molecule has 218 valence electrons. The standard InChI is InChI=1S/3C6H18NSi2.CHF3O3S.U/c3*1-8(2,3)7-9(4,5)6;2-1(3,4)8(5,6)7;/h3*1-6H3;(H,5,6,7);/q3*-1;;+4/p-1. The fourth-order valence-corrected chi connectivity index (χ4v) is 27.2. The quantitative estimate of drug-likeness (QED) is 0.151. The largest absolute Gasteiger partial charge is 4.00 e. The Morgan fingerprint density at radius 1 is 0.472 bits per heavy atom. The van der Waals surface area contributed by atoms with E-state index in [1.165, 1.54) is 0 Å². The zero-order chi connectivity index (χ0) is 30.1. The summed E-state index contributed by atoms with van der Waals surface area (Å²) >= 11 is 0. The zero-order valence-electron chi connectivity index (χ0n) is 26.1. The van der Waals surface area contributed by atoms with E-state index in [0.29, 0.717) is 0 Å². The third kappa shape index (κ3) is 52.4. The van der Waals surface area contributed by atoms with E-state index in [2.05, 4.69) is 118 Å². The number of rotatable bonds is 6. The fraction of sp³-hybridized carbons (Fsp3) is 1.00. The molecular formula is C19H54F3N3O3SSi6U. The molecule has 0 atom stereocenters. The Kier molecular flexibility index (Phi) is 22.6. The van der Waals surface area contributed by atoms with Gasteiger partial charge in [0.05, 0.1) is 0 Å². The van der Waals surface area contributed by atoms with Gasteiger partial charge in [0.15, 0.2) is 10.1 Å². The van der Waals surface area contributed by atoms with Crippen LogP contribution in [0.5, 0.6) is 0 Å². The van der Waals surface area contributed by atoms with E-state index in [9.17, 15) is 13.2 Å². The maximum atomic E-state index is 10.7. The molecule has 0 saturated carbocycles. The first-order valence-electron chi connectivity index (χ1n) is 11.6. The monoisotopic (exact) mass is 867 g/mol. The van der Waals surface area contributed by atoms with Crippen molar-refractivity contribution in [3.63, 3.8) is 0 Å². The van der Waals surface area contributed by atoms with Crippen molar-refractivity contribution in [2.45, 2.75) is 123 Å². The van der Waals surface area contributed by atoms with E-state index in [0.717, 1.165) is 0 Å². The van der Waals surface area contributed by atoms with E-state index < -0.39 is 65.0 Å². The van der Waals surface area contributed by atoms with Gasteiger partial charge in [0.25, 0.3) is 0 Å². The molecule has 0 amide bonds. The molecule has 0 radical (unpaired) electrons. The molecule has 0 fully saturated rings. The molecule has 0 saturated heterocycles. The van der Waals surface area contributed by atoms with Gasteiger partial charge in [0.2, 0.25) is 0 Å².